The Kier molecular flexibility index (Phi) is 8.54. The molecule has 2 aromatic carbocycles. The molecule has 0 bridgehead atoms. The van der Waals surface area contributed by atoms with Gasteiger partial charge in [0.2, 0.25) is 5.91 Å². The van der Waals surface area contributed by atoms with Gasteiger partial charge in [0.05, 0.1) is 29.3 Å². The molecule has 0 aliphatic carbocycles. The fourth-order valence-electron chi connectivity index (χ4n) is 2.40. The lowest BCUT2D eigenvalue weighted by molar-refractivity contribution is -0.123. The van der Waals surface area contributed by atoms with E-state index >= 15 is 0 Å². The predicted octanol–water partition coefficient (Wildman–Crippen LogP) is 3.44. The molecule has 2 amide bonds. The van der Waals surface area contributed by atoms with Crippen molar-refractivity contribution in [3.63, 3.8) is 0 Å². The van der Waals surface area contributed by atoms with Gasteiger partial charge >= 0.3 is 5.97 Å². The first-order chi connectivity index (χ1) is 14.3. The first kappa shape index (κ1) is 23.1. The predicted molar refractivity (Wildman–Crippen MR) is 117 cm³/mol. The third-order valence-corrected chi connectivity index (χ3v) is 4.46. The fraction of sp³-hybridized carbons (Fsp3) is 0.238. The Morgan fingerprint density at radius 3 is 2.53 bits per heavy atom. The molecule has 158 valence electrons. The molecule has 8 nitrogen and oxygen atoms in total. The largest absolute Gasteiger partial charge is 0.483 e. The summed E-state index contributed by atoms with van der Waals surface area (Å²) in [5.74, 6) is -0.858. The van der Waals surface area contributed by atoms with Crippen molar-refractivity contribution in [1.82, 2.24) is 5.43 Å². The van der Waals surface area contributed by atoms with Crippen LogP contribution in [0.4, 0.5) is 5.69 Å². The molecule has 0 atom stereocenters. The zero-order valence-electron chi connectivity index (χ0n) is 16.8. The molecule has 0 saturated carbocycles. The van der Waals surface area contributed by atoms with Gasteiger partial charge in [-0.1, -0.05) is 18.2 Å². The molecule has 0 aliphatic heterocycles. The van der Waals surface area contributed by atoms with Crippen molar-refractivity contribution in [2.75, 3.05) is 19.0 Å². The molecule has 2 rings (SSSR count). The first-order valence-electron chi connectivity index (χ1n) is 8.98. The lowest BCUT2D eigenvalue weighted by Crippen LogP contribution is -2.26. The van der Waals surface area contributed by atoms with Crippen LogP contribution in [0, 0.1) is 6.92 Å². The number of nitrogens with zero attached hydrogens (tertiary/aromatic N) is 1. The topological polar surface area (TPSA) is 106 Å². The van der Waals surface area contributed by atoms with Gasteiger partial charge in [0.15, 0.2) is 6.61 Å². The van der Waals surface area contributed by atoms with Crippen molar-refractivity contribution in [3.8, 4) is 5.75 Å². The summed E-state index contributed by atoms with van der Waals surface area (Å²) in [5.41, 5.74) is 4.37. The van der Waals surface area contributed by atoms with E-state index in [1.165, 1.54) is 7.11 Å². The average molecular weight is 476 g/mol. The van der Waals surface area contributed by atoms with Crippen LogP contribution in [0.5, 0.6) is 5.75 Å². The summed E-state index contributed by atoms with van der Waals surface area (Å²) in [7, 11) is 1.27. The number of carbonyl (C=O) groups is 3. The van der Waals surface area contributed by atoms with Gasteiger partial charge in [0.25, 0.3) is 5.91 Å². The summed E-state index contributed by atoms with van der Waals surface area (Å²) < 4.78 is 10.9. The second-order valence-electron chi connectivity index (χ2n) is 6.37. The van der Waals surface area contributed by atoms with E-state index in [9.17, 15) is 14.4 Å². The molecular weight excluding hydrogens is 454 g/mol. The molecule has 0 aromatic heterocycles. The number of esters is 1. The molecule has 0 heterocycles. The number of para-hydroxylation sites is 1. The number of carbonyl (C=O) groups excluding carboxylic acids is 3. The lowest BCUT2D eigenvalue weighted by Gasteiger charge is -2.10. The van der Waals surface area contributed by atoms with Gasteiger partial charge in [-0.05, 0) is 59.6 Å². The zero-order valence-corrected chi connectivity index (χ0v) is 18.4. The first-order valence-corrected chi connectivity index (χ1v) is 9.77. The Hall–Kier alpha value is -3.20. The van der Waals surface area contributed by atoms with Crippen LogP contribution in [0.2, 0.25) is 0 Å². The number of amides is 2. The highest BCUT2D eigenvalue weighted by molar-refractivity contribution is 9.10. The van der Waals surface area contributed by atoms with Crippen molar-refractivity contribution in [2.45, 2.75) is 20.3 Å². The van der Waals surface area contributed by atoms with Crippen LogP contribution in [-0.4, -0.2) is 37.2 Å². The molecular formula is C21H22BrN3O5. The number of rotatable bonds is 8. The smallest absolute Gasteiger partial charge is 0.339 e. The summed E-state index contributed by atoms with van der Waals surface area (Å²) in [5, 5.41) is 6.54. The third-order valence-electron chi connectivity index (χ3n) is 3.84. The van der Waals surface area contributed by atoms with E-state index in [0.717, 1.165) is 10.0 Å². The lowest BCUT2D eigenvalue weighted by atomic mass is 10.1. The highest BCUT2D eigenvalue weighted by atomic mass is 79.9. The standard InChI is InChI=1S/C21H22BrN3O5/c1-13-8-9-18(16(22)10-13)30-12-20(27)25-24-14(2)11-19(26)23-17-7-5-4-6-15(17)21(28)29-3/h4-10H,11-12H2,1-3H3,(H,23,26)(H,25,27)/b24-14-. The minimum absolute atomic E-state index is 0.0693. The normalized spacial score (nSPS) is 10.9. The molecule has 0 fully saturated rings. The SMILES string of the molecule is COC(=O)c1ccccc1NC(=O)C/C(C)=N\NC(=O)COc1ccc(C)cc1Br. The Morgan fingerprint density at radius 1 is 1.10 bits per heavy atom. The number of aryl methyl sites for hydroxylation is 1. The van der Waals surface area contributed by atoms with Crippen LogP contribution in [0.15, 0.2) is 52.0 Å². The Balaban J connectivity index is 1.85. The third kappa shape index (κ3) is 7.00. The molecule has 30 heavy (non-hydrogen) atoms. The number of hydrazone groups is 1. The van der Waals surface area contributed by atoms with Crippen LogP contribution in [0.3, 0.4) is 0 Å². The second kappa shape index (κ2) is 11.1. The van der Waals surface area contributed by atoms with Gasteiger partial charge in [-0.15, -0.1) is 0 Å². The minimum atomic E-state index is -0.552. The number of hydrogen-bond donors (Lipinski definition) is 2. The van der Waals surface area contributed by atoms with E-state index in [1.54, 1.807) is 37.3 Å². The van der Waals surface area contributed by atoms with Crippen LogP contribution in [0.25, 0.3) is 0 Å². The molecule has 0 spiro atoms. The van der Waals surface area contributed by atoms with E-state index < -0.39 is 11.9 Å². The number of anilines is 1. The molecule has 0 unspecified atom stereocenters. The van der Waals surface area contributed by atoms with E-state index in [-0.39, 0.29) is 24.5 Å². The van der Waals surface area contributed by atoms with Crippen LogP contribution in [-0.2, 0) is 14.3 Å². The van der Waals surface area contributed by atoms with Crippen molar-refractivity contribution in [1.29, 1.82) is 0 Å². The van der Waals surface area contributed by atoms with Gasteiger partial charge in [-0.25, -0.2) is 10.2 Å². The molecule has 0 radical (unpaired) electrons. The van der Waals surface area contributed by atoms with Gasteiger partial charge in [0, 0.05) is 5.71 Å². The number of methoxy groups -OCH3 is 1. The molecule has 0 aliphatic rings. The van der Waals surface area contributed by atoms with Gasteiger partial charge in [-0.3, -0.25) is 9.59 Å². The summed E-state index contributed by atoms with van der Waals surface area (Å²) in [6, 6.07) is 12.0. The molecule has 0 saturated heterocycles. The second-order valence-corrected chi connectivity index (χ2v) is 7.22. The van der Waals surface area contributed by atoms with Gasteiger partial charge in [0.1, 0.15) is 5.75 Å². The van der Waals surface area contributed by atoms with E-state index in [4.69, 9.17) is 9.47 Å². The highest BCUT2D eigenvalue weighted by Gasteiger charge is 2.14. The monoisotopic (exact) mass is 475 g/mol. The summed E-state index contributed by atoms with van der Waals surface area (Å²) >= 11 is 3.37. The van der Waals surface area contributed by atoms with Crippen molar-refractivity contribution < 1.29 is 23.9 Å². The Morgan fingerprint density at radius 2 is 1.83 bits per heavy atom. The molecule has 2 N–H and O–H groups in total. The quantitative estimate of drug-likeness (QED) is 0.345. The number of hydrogen-bond acceptors (Lipinski definition) is 6. The van der Waals surface area contributed by atoms with E-state index in [0.29, 0.717) is 17.1 Å². The van der Waals surface area contributed by atoms with Crippen LogP contribution >= 0.6 is 15.9 Å². The number of ether oxygens (including phenoxy) is 2. The van der Waals surface area contributed by atoms with E-state index in [1.807, 2.05) is 19.1 Å². The van der Waals surface area contributed by atoms with E-state index in [2.05, 4.69) is 31.8 Å². The summed E-state index contributed by atoms with van der Waals surface area (Å²) in [6.07, 6.45) is -0.0693. The number of nitrogens with one attached hydrogen (secondary N) is 2. The average Bonchev–Trinajstić information content (AvgIpc) is 2.71. The van der Waals surface area contributed by atoms with Crippen LogP contribution < -0.4 is 15.5 Å². The summed E-state index contributed by atoms with van der Waals surface area (Å²) in [4.78, 5) is 35.9. The van der Waals surface area contributed by atoms with Crippen molar-refractivity contribution in [2.24, 2.45) is 5.10 Å². The van der Waals surface area contributed by atoms with Gasteiger partial charge < -0.3 is 14.8 Å². The highest BCUT2D eigenvalue weighted by Crippen LogP contribution is 2.25. The molecule has 9 heteroatoms. The number of benzene rings is 2. The zero-order chi connectivity index (χ0) is 22.1. The van der Waals surface area contributed by atoms with Crippen molar-refractivity contribution in [3.05, 3.63) is 58.1 Å². The van der Waals surface area contributed by atoms with Crippen LogP contribution in [0.1, 0.15) is 29.3 Å². The maximum atomic E-state index is 12.2. The maximum Gasteiger partial charge on any atom is 0.339 e. The maximum absolute atomic E-state index is 12.2. The van der Waals surface area contributed by atoms with Gasteiger partial charge in [-0.2, -0.15) is 5.10 Å². The number of halogens is 1. The Labute approximate surface area is 182 Å². The summed E-state index contributed by atoms with van der Waals surface area (Å²) in [6.45, 7) is 3.32. The molecule has 2 aromatic rings. The minimum Gasteiger partial charge on any atom is -0.483 e. The fourth-order valence-corrected chi connectivity index (χ4v) is 3.01. The van der Waals surface area contributed by atoms with Crippen molar-refractivity contribution >= 4 is 45.1 Å². The Bertz CT molecular complexity index is 975.